The number of ether oxygens (including phenoxy) is 6. The van der Waals surface area contributed by atoms with Crippen LogP contribution in [0, 0.1) is 13.8 Å². The summed E-state index contributed by atoms with van der Waals surface area (Å²) in [6.07, 6.45) is 0. The molecule has 54 heavy (non-hydrogen) atoms. The predicted molar refractivity (Wildman–Crippen MR) is 198 cm³/mol. The summed E-state index contributed by atoms with van der Waals surface area (Å²) in [5, 5.41) is 25.7. The number of methoxy groups -OCH3 is 2. The van der Waals surface area contributed by atoms with Gasteiger partial charge in [-0.15, -0.1) is 0 Å². The van der Waals surface area contributed by atoms with E-state index in [-0.39, 0.29) is 86.3 Å². The van der Waals surface area contributed by atoms with Crippen molar-refractivity contribution >= 4 is 35.1 Å². The summed E-state index contributed by atoms with van der Waals surface area (Å²) in [7, 11) is 2.95. The smallest absolute Gasteiger partial charge is 0.328 e. The molecule has 0 bridgehead atoms. The molecule has 2 fully saturated rings. The standard InChI is InChI=1S/C38H40Cl2N4O10/c1-21-23(15-53-33-29(39)11-25(31(43-33)49-3)13-41-37(35(45)46)17-51-18-37)7-5-9-27(21)28-10-6-8-24(22(28)2)16-54-34-30(40)12-26(32(44-34)50-4)14-42-38(36(47)48)19-52-20-38/h5-12,41-42H,13-20H2,1-4H3,(H,45,46)(H,47,48). The maximum absolute atomic E-state index is 11.7. The van der Waals surface area contributed by atoms with Crippen LogP contribution in [0.2, 0.25) is 10.0 Å². The van der Waals surface area contributed by atoms with Gasteiger partial charge in [-0.3, -0.25) is 20.2 Å². The summed E-state index contributed by atoms with van der Waals surface area (Å²) in [4.78, 5) is 32.4. The molecule has 0 atom stereocenters. The highest BCUT2D eigenvalue weighted by molar-refractivity contribution is 6.32. The number of hydrogen-bond acceptors (Lipinski definition) is 12. The Hall–Kier alpha value is -4.70. The number of aliphatic carboxylic acids is 2. The molecule has 2 aromatic heterocycles. The molecule has 2 aromatic carbocycles. The normalized spacial score (nSPS) is 15.4. The van der Waals surface area contributed by atoms with Gasteiger partial charge in [0.05, 0.1) is 40.6 Å². The second-order valence-electron chi connectivity index (χ2n) is 13.1. The van der Waals surface area contributed by atoms with Crippen LogP contribution in [0.1, 0.15) is 33.4 Å². The zero-order valence-corrected chi connectivity index (χ0v) is 31.6. The van der Waals surface area contributed by atoms with Crippen LogP contribution in [0.3, 0.4) is 0 Å². The third-order valence-corrected chi connectivity index (χ3v) is 10.3. The van der Waals surface area contributed by atoms with Crippen LogP contribution in [-0.4, -0.2) is 83.8 Å². The van der Waals surface area contributed by atoms with Crippen LogP contribution >= 0.6 is 23.2 Å². The number of rotatable bonds is 17. The lowest BCUT2D eigenvalue weighted by Crippen LogP contribution is -2.65. The second-order valence-corrected chi connectivity index (χ2v) is 13.9. The van der Waals surface area contributed by atoms with Crippen molar-refractivity contribution in [2.24, 2.45) is 0 Å². The molecular weight excluding hydrogens is 743 g/mol. The van der Waals surface area contributed by atoms with Crippen LogP contribution in [-0.2, 0) is 45.4 Å². The molecule has 0 radical (unpaired) electrons. The van der Waals surface area contributed by atoms with E-state index in [0.717, 1.165) is 33.4 Å². The molecular formula is C38H40Cl2N4O10. The Bertz CT molecular complexity index is 1910. The first-order chi connectivity index (χ1) is 25.9. The number of benzene rings is 2. The SMILES string of the molecule is COc1nc(OCc2cccc(-c3cccc(COc4nc(OC)c(CNC5(C(=O)O)COC5)cc4Cl)c3C)c2C)c(Cl)cc1CNC1(C(=O)O)COC1. The molecule has 0 aliphatic carbocycles. The van der Waals surface area contributed by atoms with Gasteiger partial charge in [0.1, 0.15) is 23.3 Å². The largest absolute Gasteiger partial charge is 0.481 e. The molecule has 6 rings (SSSR count). The third kappa shape index (κ3) is 7.90. The number of aromatic nitrogens is 2. The molecule has 4 aromatic rings. The molecule has 14 nitrogen and oxygen atoms in total. The Morgan fingerprint density at radius 2 is 1.07 bits per heavy atom. The van der Waals surface area contributed by atoms with Gasteiger partial charge in [0.2, 0.25) is 23.5 Å². The minimum Gasteiger partial charge on any atom is -0.481 e. The Labute approximate surface area is 321 Å². The Kier molecular flexibility index (Phi) is 11.8. The zero-order valence-electron chi connectivity index (χ0n) is 30.1. The van der Waals surface area contributed by atoms with Gasteiger partial charge in [-0.25, -0.2) is 0 Å². The van der Waals surface area contributed by atoms with E-state index in [2.05, 4.69) is 20.6 Å². The molecule has 4 N–H and O–H groups in total. The minimum atomic E-state index is -1.16. The Balaban J connectivity index is 1.13. The average molecular weight is 784 g/mol. The van der Waals surface area contributed by atoms with Crippen LogP contribution in [0.15, 0.2) is 48.5 Å². The highest BCUT2D eigenvalue weighted by Gasteiger charge is 2.47. The minimum absolute atomic E-state index is 0.0647. The number of halogens is 2. The highest BCUT2D eigenvalue weighted by Crippen LogP contribution is 2.35. The molecule has 2 aliphatic heterocycles. The molecule has 286 valence electrons. The van der Waals surface area contributed by atoms with Gasteiger partial charge < -0.3 is 38.6 Å². The van der Waals surface area contributed by atoms with Crippen molar-refractivity contribution in [3.8, 4) is 34.6 Å². The lowest BCUT2D eigenvalue weighted by molar-refractivity contribution is -0.167. The highest BCUT2D eigenvalue weighted by atomic mass is 35.5. The number of carboxylic acid groups (broad SMARTS) is 2. The number of nitrogens with zero attached hydrogens (tertiary/aromatic N) is 2. The molecule has 16 heteroatoms. The lowest BCUT2D eigenvalue weighted by Gasteiger charge is -2.38. The number of carboxylic acids is 2. The van der Waals surface area contributed by atoms with Crippen LogP contribution in [0.5, 0.6) is 23.5 Å². The summed E-state index contributed by atoms with van der Waals surface area (Å²) in [5.41, 5.74) is 4.69. The summed E-state index contributed by atoms with van der Waals surface area (Å²) >= 11 is 13.2. The number of hydrogen-bond donors (Lipinski definition) is 4. The van der Waals surface area contributed by atoms with Crippen LogP contribution in [0.4, 0.5) is 0 Å². The van der Waals surface area contributed by atoms with E-state index in [1.807, 2.05) is 50.2 Å². The average Bonchev–Trinajstić information content (AvgIpc) is 3.10. The van der Waals surface area contributed by atoms with E-state index in [0.29, 0.717) is 11.1 Å². The Morgan fingerprint density at radius 1 is 0.685 bits per heavy atom. The van der Waals surface area contributed by atoms with E-state index in [4.69, 9.17) is 51.6 Å². The fourth-order valence-electron chi connectivity index (χ4n) is 6.10. The number of nitrogens with one attached hydrogen (secondary N) is 2. The number of carbonyl (C=O) groups is 2. The topological polar surface area (TPSA) is 180 Å². The van der Waals surface area contributed by atoms with Gasteiger partial charge in [0, 0.05) is 24.2 Å². The van der Waals surface area contributed by atoms with E-state index < -0.39 is 23.0 Å². The third-order valence-electron chi connectivity index (χ3n) is 9.71. The molecule has 0 unspecified atom stereocenters. The summed E-state index contributed by atoms with van der Waals surface area (Å²) < 4.78 is 33.4. The molecule has 0 amide bonds. The molecule has 2 aliphatic rings. The predicted octanol–water partition coefficient (Wildman–Crippen LogP) is 5.13. The maximum atomic E-state index is 11.7. The Morgan fingerprint density at radius 3 is 1.39 bits per heavy atom. The van der Waals surface area contributed by atoms with Gasteiger partial charge in [0.25, 0.3) is 0 Å². The first-order valence-electron chi connectivity index (χ1n) is 16.9. The van der Waals surface area contributed by atoms with Gasteiger partial charge in [-0.05, 0) is 59.4 Å². The monoisotopic (exact) mass is 782 g/mol. The van der Waals surface area contributed by atoms with Crippen LogP contribution in [0.25, 0.3) is 11.1 Å². The van der Waals surface area contributed by atoms with Crippen molar-refractivity contribution in [1.82, 2.24) is 20.6 Å². The summed E-state index contributed by atoms with van der Waals surface area (Å²) in [6.45, 7) is 4.97. The van der Waals surface area contributed by atoms with E-state index in [1.54, 1.807) is 12.1 Å². The first-order valence-corrected chi connectivity index (χ1v) is 17.7. The summed E-state index contributed by atoms with van der Waals surface area (Å²) in [6, 6.07) is 15.2. The fourth-order valence-corrected chi connectivity index (χ4v) is 6.55. The lowest BCUT2D eigenvalue weighted by atomic mass is 9.92. The van der Waals surface area contributed by atoms with Crippen molar-refractivity contribution in [2.45, 2.75) is 51.2 Å². The zero-order chi connectivity index (χ0) is 38.6. The van der Waals surface area contributed by atoms with Gasteiger partial charge in [-0.2, -0.15) is 9.97 Å². The van der Waals surface area contributed by atoms with Gasteiger partial charge in [-0.1, -0.05) is 59.6 Å². The molecule has 0 spiro atoms. The van der Waals surface area contributed by atoms with Crippen molar-refractivity contribution in [1.29, 1.82) is 0 Å². The quantitative estimate of drug-likeness (QED) is 0.111. The van der Waals surface area contributed by atoms with E-state index in [1.165, 1.54) is 14.2 Å². The van der Waals surface area contributed by atoms with Gasteiger partial charge in [0.15, 0.2) is 11.1 Å². The van der Waals surface area contributed by atoms with Crippen molar-refractivity contribution < 1.29 is 48.2 Å². The van der Waals surface area contributed by atoms with Crippen molar-refractivity contribution in [3.63, 3.8) is 0 Å². The van der Waals surface area contributed by atoms with E-state index >= 15 is 0 Å². The van der Waals surface area contributed by atoms with Crippen LogP contribution < -0.4 is 29.6 Å². The van der Waals surface area contributed by atoms with Crippen molar-refractivity contribution in [2.75, 3.05) is 40.6 Å². The first kappa shape index (κ1) is 39.0. The van der Waals surface area contributed by atoms with E-state index in [9.17, 15) is 19.8 Å². The fraction of sp³-hybridized carbons (Fsp3) is 0.368. The molecule has 4 heterocycles. The van der Waals surface area contributed by atoms with Crippen molar-refractivity contribution in [3.05, 3.63) is 92.0 Å². The van der Waals surface area contributed by atoms with Gasteiger partial charge >= 0.3 is 11.9 Å². The summed E-state index contributed by atoms with van der Waals surface area (Å²) in [5.74, 6) is -1.09. The molecule has 2 saturated heterocycles. The second kappa shape index (κ2) is 16.3. The maximum Gasteiger partial charge on any atom is 0.328 e. The number of pyridine rings is 2. The molecule has 0 saturated carbocycles.